The second-order valence-corrected chi connectivity index (χ2v) is 4.14. The van der Waals surface area contributed by atoms with Crippen LogP contribution in [0.1, 0.15) is 15.9 Å². The molecule has 0 bridgehead atoms. The minimum absolute atomic E-state index is 0.0800. The molecule has 0 saturated heterocycles. The van der Waals surface area contributed by atoms with Crippen LogP contribution in [0, 0.1) is 11.3 Å². The number of nitriles is 1. The monoisotopic (exact) mass is 246 g/mol. The molecule has 17 heavy (non-hydrogen) atoms. The molecule has 2 aromatic heterocycles. The molecule has 0 atom stereocenters. The van der Waals surface area contributed by atoms with E-state index in [2.05, 4.69) is 4.98 Å². The van der Waals surface area contributed by atoms with Gasteiger partial charge < -0.3 is 10.1 Å². The number of aromatic carboxylic acids is 1. The van der Waals surface area contributed by atoms with Crippen molar-refractivity contribution in [2.45, 2.75) is 0 Å². The Balaban J connectivity index is 2.76. The molecule has 2 rings (SSSR count). The highest BCUT2D eigenvalue weighted by Gasteiger charge is 2.16. The zero-order chi connectivity index (χ0) is 12.4. The van der Waals surface area contributed by atoms with E-state index in [1.165, 1.54) is 11.3 Å². The third-order valence-corrected chi connectivity index (χ3v) is 3.05. The first kappa shape index (κ1) is 11.1. The number of hydrogen-bond acceptors (Lipinski definition) is 4. The van der Waals surface area contributed by atoms with Crippen LogP contribution < -0.4 is 5.56 Å². The molecular weight excluding hydrogens is 240 g/mol. The molecule has 0 radical (unpaired) electrons. The van der Waals surface area contributed by atoms with Crippen LogP contribution in [0.2, 0.25) is 0 Å². The molecule has 0 fully saturated rings. The highest BCUT2D eigenvalue weighted by Crippen LogP contribution is 2.25. The number of thiophene rings is 1. The van der Waals surface area contributed by atoms with Gasteiger partial charge >= 0.3 is 5.97 Å². The van der Waals surface area contributed by atoms with E-state index in [9.17, 15) is 9.59 Å². The Kier molecular flexibility index (Phi) is 2.77. The number of pyridine rings is 1. The number of aromatic amines is 1. The summed E-state index contributed by atoms with van der Waals surface area (Å²) in [4.78, 5) is 25.6. The number of nitrogens with zero attached hydrogens (tertiary/aromatic N) is 1. The van der Waals surface area contributed by atoms with Crippen LogP contribution in [0.4, 0.5) is 0 Å². The maximum atomic E-state index is 11.5. The van der Waals surface area contributed by atoms with Crippen molar-refractivity contribution in [3.05, 3.63) is 45.1 Å². The van der Waals surface area contributed by atoms with Crippen molar-refractivity contribution in [2.24, 2.45) is 0 Å². The van der Waals surface area contributed by atoms with E-state index >= 15 is 0 Å². The summed E-state index contributed by atoms with van der Waals surface area (Å²) in [5.74, 6) is -1.18. The normalized spacial score (nSPS) is 9.82. The van der Waals surface area contributed by atoms with Crippen molar-refractivity contribution >= 4 is 17.3 Å². The molecule has 0 unspecified atom stereocenters. The van der Waals surface area contributed by atoms with Gasteiger partial charge in [-0.3, -0.25) is 4.79 Å². The van der Waals surface area contributed by atoms with Gasteiger partial charge in [-0.2, -0.15) is 5.26 Å². The first-order valence-electron chi connectivity index (χ1n) is 4.58. The lowest BCUT2D eigenvalue weighted by Gasteiger charge is -2.03. The molecule has 5 nitrogen and oxygen atoms in total. The molecule has 0 aliphatic rings. The topological polar surface area (TPSA) is 93.9 Å². The molecule has 6 heteroatoms. The number of carboxylic acid groups (broad SMARTS) is 1. The van der Waals surface area contributed by atoms with Gasteiger partial charge in [-0.05, 0) is 17.5 Å². The van der Waals surface area contributed by atoms with Gasteiger partial charge in [0.1, 0.15) is 11.6 Å². The fraction of sp³-hybridized carbons (Fsp3) is 0. The first-order valence-corrected chi connectivity index (χ1v) is 5.46. The van der Waals surface area contributed by atoms with E-state index in [1.54, 1.807) is 23.6 Å². The Bertz CT molecular complexity index is 665. The number of hydrogen-bond donors (Lipinski definition) is 2. The van der Waals surface area contributed by atoms with E-state index in [1.807, 2.05) is 0 Å². The quantitative estimate of drug-likeness (QED) is 0.842. The third kappa shape index (κ3) is 1.96. The minimum atomic E-state index is -1.18. The van der Waals surface area contributed by atoms with Gasteiger partial charge in [-0.25, -0.2) is 4.79 Å². The van der Waals surface area contributed by atoms with Crippen molar-refractivity contribution in [2.75, 3.05) is 0 Å². The number of carbonyl (C=O) groups is 1. The molecule has 0 aromatic carbocycles. The van der Waals surface area contributed by atoms with Gasteiger partial charge in [0, 0.05) is 0 Å². The zero-order valence-corrected chi connectivity index (χ0v) is 9.25. The van der Waals surface area contributed by atoms with E-state index < -0.39 is 11.5 Å². The average Bonchev–Trinajstić information content (AvgIpc) is 2.81. The highest BCUT2D eigenvalue weighted by molar-refractivity contribution is 7.13. The van der Waals surface area contributed by atoms with Crippen LogP contribution >= 0.6 is 11.3 Å². The molecule has 0 amide bonds. The van der Waals surface area contributed by atoms with Gasteiger partial charge in [-0.15, -0.1) is 11.3 Å². The predicted molar refractivity (Wildman–Crippen MR) is 62.1 cm³/mol. The van der Waals surface area contributed by atoms with E-state index in [0.717, 1.165) is 6.07 Å². The second-order valence-electron chi connectivity index (χ2n) is 3.20. The lowest BCUT2D eigenvalue weighted by Crippen LogP contribution is -2.15. The molecule has 2 N–H and O–H groups in total. The molecule has 0 aliphatic carbocycles. The van der Waals surface area contributed by atoms with Crippen molar-refractivity contribution in [3.63, 3.8) is 0 Å². The predicted octanol–water partition coefficient (Wildman–Crippen LogP) is 1.67. The summed E-state index contributed by atoms with van der Waals surface area (Å²) in [6.07, 6.45) is 0. The van der Waals surface area contributed by atoms with Gasteiger partial charge in [0.05, 0.1) is 16.1 Å². The number of H-pyrrole nitrogens is 1. The Morgan fingerprint density at radius 1 is 1.53 bits per heavy atom. The van der Waals surface area contributed by atoms with Crippen LogP contribution in [-0.4, -0.2) is 16.1 Å². The maximum absolute atomic E-state index is 11.5. The molecule has 0 saturated carbocycles. The summed E-state index contributed by atoms with van der Waals surface area (Å²) in [6, 6.07) is 6.21. The first-order chi connectivity index (χ1) is 8.13. The van der Waals surface area contributed by atoms with Crippen LogP contribution in [0.25, 0.3) is 10.6 Å². The summed E-state index contributed by atoms with van der Waals surface area (Å²) in [6.45, 7) is 0. The smallest absolute Gasteiger partial charge is 0.337 e. The lowest BCUT2D eigenvalue weighted by atomic mass is 10.1. The van der Waals surface area contributed by atoms with Crippen molar-refractivity contribution in [1.29, 1.82) is 5.26 Å². The second kappa shape index (κ2) is 4.23. The van der Waals surface area contributed by atoms with Crippen molar-refractivity contribution < 1.29 is 9.90 Å². The van der Waals surface area contributed by atoms with Crippen LogP contribution in [0.5, 0.6) is 0 Å². The molecule has 84 valence electrons. The molecule has 0 aliphatic heterocycles. The third-order valence-electron chi connectivity index (χ3n) is 2.16. The summed E-state index contributed by atoms with van der Waals surface area (Å²) in [5.41, 5.74) is -0.635. The number of aromatic nitrogens is 1. The fourth-order valence-electron chi connectivity index (χ4n) is 1.40. The fourth-order valence-corrected chi connectivity index (χ4v) is 2.14. The molecular formula is C11H6N2O3S. The number of rotatable bonds is 2. The summed E-state index contributed by atoms with van der Waals surface area (Å²) in [5, 5.41) is 19.5. The Morgan fingerprint density at radius 3 is 2.82 bits per heavy atom. The van der Waals surface area contributed by atoms with Crippen LogP contribution in [-0.2, 0) is 0 Å². The van der Waals surface area contributed by atoms with Crippen LogP contribution in [0.15, 0.2) is 28.4 Å². The van der Waals surface area contributed by atoms with E-state index in [0.29, 0.717) is 4.88 Å². The van der Waals surface area contributed by atoms with Crippen molar-refractivity contribution in [1.82, 2.24) is 4.98 Å². The Labute approximate surface area is 99.6 Å². The summed E-state index contributed by atoms with van der Waals surface area (Å²) < 4.78 is 0. The Hall–Kier alpha value is -2.39. The van der Waals surface area contributed by atoms with Gasteiger partial charge in [-0.1, -0.05) is 6.07 Å². The number of nitrogens with one attached hydrogen (secondary N) is 1. The van der Waals surface area contributed by atoms with Crippen LogP contribution in [0.3, 0.4) is 0 Å². The van der Waals surface area contributed by atoms with Gasteiger partial charge in [0.15, 0.2) is 0 Å². The SMILES string of the molecule is N#Cc1cc(C(=O)O)c(-c2cccs2)[nH]c1=O. The van der Waals surface area contributed by atoms with Crippen molar-refractivity contribution in [3.8, 4) is 16.6 Å². The highest BCUT2D eigenvalue weighted by atomic mass is 32.1. The lowest BCUT2D eigenvalue weighted by molar-refractivity contribution is 0.0697. The summed E-state index contributed by atoms with van der Waals surface area (Å²) in [7, 11) is 0. The van der Waals surface area contributed by atoms with Gasteiger partial charge in [0.2, 0.25) is 0 Å². The molecule has 0 spiro atoms. The standard InChI is InChI=1S/C11H6N2O3S/c12-5-6-4-7(11(15)16)9(13-10(6)14)8-2-1-3-17-8/h1-4H,(H,13,14)(H,15,16). The largest absolute Gasteiger partial charge is 0.478 e. The molecule has 2 aromatic rings. The van der Waals surface area contributed by atoms with Gasteiger partial charge in [0.25, 0.3) is 5.56 Å². The molecule has 2 heterocycles. The number of carboxylic acids is 1. The minimum Gasteiger partial charge on any atom is -0.478 e. The van der Waals surface area contributed by atoms with E-state index in [4.69, 9.17) is 10.4 Å². The van der Waals surface area contributed by atoms with E-state index in [-0.39, 0.29) is 16.8 Å². The Morgan fingerprint density at radius 2 is 2.29 bits per heavy atom. The summed E-state index contributed by atoms with van der Waals surface area (Å²) >= 11 is 1.31. The average molecular weight is 246 g/mol. The maximum Gasteiger partial charge on any atom is 0.337 e. The zero-order valence-electron chi connectivity index (χ0n) is 8.43.